The Morgan fingerprint density at radius 3 is 2.44 bits per heavy atom. The molecule has 3 nitrogen and oxygen atoms in total. The first-order chi connectivity index (χ1) is 8.53. The van der Waals surface area contributed by atoms with E-state index in [1.54, 1.807) is 12.2 Å². The van der Waals surface area contributed by atoms with E-state index in [0.717, 1.165) is 0 Å². The monoisotopic (exact) mass is 290 g/mol. The maximum atomic E-state index is 10.7. The largest absolute Gasteiger partial charge is 0.382 e. The van der Waals surface area contributed by atoms with Crippen LogP contribution in [-0.4, -0.2) is 35.1 Å². The summed E-state index contributed by atoms with van der Waals surface area (Å²) in [6.07, 6.45) is 3.97. The van der Waals surface area contributed by atoms with E-state index < -0.39 is 16.8 Å². The molecule has 1 N–H and O–H groups in total. The Morgan fingerprint density at radius 2 is 1.94 bits per heavy atom. The van der Waals surface area contributed by atoms with Gasteiger partial charge in [-0.05, 0) is 6.42 Å². The lowest BCUT2D eigenvalue weighted by Crippen LogP contribution is -2.49. The summed E-state index contributed by atoms with van der Waals surface area (Å²) < 4.78 is 11.3. The summed E-state index contributed by atoms with van der Waals surface area (Å²) >= 11 is 12.7. The molecule has 0 radical (unpaired) electrons. The van der Waals surface area contributed by atoms with Gasteiger partial charge < -0.3 is 14.6 Å². The third-order valence-electron chi connectivity index (χ3n) is 3.34. The topological polar surface area (TPSA) is 38.7 Å². The van der Waals surface area contributed by atoms with E-state index in [4.69, 9.17) is 32.7 Å². The number of hydrogen-bond donors (Lipinski definition) is 1. The molecule has 100 valence electrons. The van der Waals surface area contributed by atoms with E-state index in [1.807, 2.05) is 0 Å². The molecular weight excluding hydrogens is 275 g/mol. The lowest BCUT2D eigenvalue weighted by atomic mass is 9.96. The molecule has 0 saturated carbocycles. The van der Waals surface area contributed by atoms with Crippen molar-refractivity contribution in [1.82, 2.24) is 0 Å². The lowest BCUT2D eigenvalue weighted by Gasteiger charge is -2.33. The highest BCUT2D eigenvalue weighted by Crippen LogP contribution is 2.54. The predicted molar refractivity (Wildman–Crippen MR) is 71.7 cm³/mol. The molecule has 18 heavy (non-hydrogen) atoms. The normalized spacial score (nSPS) is 34.3. The predicted octanol–water partition coefficient (Wildman–Crippen LogP) is 2.73. The second-order valence-electron chi connectivity index (χ2n) is 4.43. The van der Waals surface area contributed by atoms with Crippen LogP contribution >= 0.6 is 23.2 Å². The van der Waals surface area contributed by atoms with Crippen LogP contribution in [0.25, 0.3) is 0 Å². The zero-order valence-corrected chi connectivity index (χ0v) is 11.5. The number of ether oxygens (including phenoxy) is 2. The van der Waals surface area contributed by atoms with Gasteiger partial charge >= 0.3 is 0 Å². The summed E-state index contributed by atoms with van der Waals surface area (Å²) in [6.45, 7) is 8.16. The van der Waals surface area contributed by atoms with Gasteiger partial charge in [0.05, 0.1) is 18.2 Å². The summed E-state index contributed by atoms with van der Waals surface area (Å²) in [7, 11) is 0. The second kappa shape index (κ2) is 4.99. The van der Waals surface area contributed by atoms with Crippen LogP contribution in [0.5, 0.6) is 0 Å². The first-order valence-electron chi connectivity index (χ1n) is 5.78. The molecule has 2 atom stereocenters. The van der Waals surface area contributed by atoms with Gasteiger partial charge in [0.1, 0.15) is 11.0 Å². The van der Waals surface area contributed by atoms with Crippen LogP contribution in [-0.2, 0) is 9.47 Å². The van der Waals surface area contributed by atoms with Crippen molar-refractivity contribution in [2.75, 3.05) is 13.2 Å². The average molecular weight is 291 g/mol. The van der Waals surface area contributed by atoms with Crippen LogP contribution in [0, 0.1) is 0 Å². The fourth-order valence-electron chi connectivity index (χ4n) is 2.53. The van der Waals surface area contributed by atoms with Gasteiger partial charge in [-0.25, -0.2) is 0 Å². The van der Waals surface area contributed by atoms with Gasteiger partial charge in [0.25, 0.3) is 0 Å². The fraction of sp³-hybridized carbons (Fsp3) is 0.538. The molecule has 2 aliphatic rings. The Labute approximate surface area is 117 Å². The molecule has 0 unspecified atom stereocenters. The molecule has 2 rings (SSSR count). The molecule has 5 heteroatoms. The number of rotatable bonds is 4. The van der Waals surface area contributed by atoms with Crippen molar-refractivity contribution in [3.8, 4) is 0 Å². The average Bonchev–Trinajstić information content (AvgIpc) is 2.88. The lowest BCUT2D eigenvalue weighted by molar-refractivity contribution is -0.142. The highest BCUT2D eigenvalue weighted by molar-refractivity contribution is 6.34. The third-order valence-corrected chi connectivity index (χ3v) is 4.54. The van der Waals surface area contributed by atoms with Gasteiger partial charge in [0.2, 0.25) is 5.79 Å². The summed E-state index contributed by atoms with van der Waals surface area (Å²) in [6, 6.07) is 0. The van der Waals surface area contributed by atoms with E-state index in [2.05, 4.69) is 13.2 Å². The molecule has 1 aliphatic carbocycles. The van der Waals surface area contributed by atoms with Crippen LogP contribution in [0.2, 0.25) is 0 Å². The second-order valence-corrected chi connectivity index (χ2v) is 5.24. The highest BCUT2D eigenvalue weighted by atomic mass is 35.5. The number of alkyl halides is 1. The number of aliphatic hydroxyl groups is 1. The molecule has 1 spiro atoms. The van der Waals surface area contributed by atoms with E-state index >= 15 is 0 Å². The van der Waals surface area contributed by atoms with Crippen LogP contribution in [0.4, 0.5) is 0 Å². The summed E-state index contributed by atoms with van der Waals surface area (Å²) in [5.41, 5.74) is -0.742. The number of allylic oxidation sites excluding steroid dienone is 1. The molecular formula is C13H16Cl2O3. The van der Waals surface area contributed by atoms with Gasteiger partial charge in [-0.3, -0.25) is 0 Å². The molecule has 1 saturated heterocycles. The third kappa shape index (κ3) is 1.77. The minimum Gasteiger partial charge on any atom is -0.382 e. The quantitative estimate of drug-likeness (QED) is 0.639. The van der Waals surface area contributed by atoms with Crippen molar-refractivity contribution in [2.45, 2.75) is 29.6 Å². The van der Waals surface area contributed by atoms with E-state index in [9.17, 15) is 5.11 Å². The van der Waals surface area contributed by atoms with Gasteiger partial charge in [-0.2, -0.15) is 0 Å². The Balaban J connectivity index is 2.49. The molecule has 1 fully saturated rings. The van der Waals surface area contributed by atoms with Crippen molar-refractivity contribution in [3.63, 3.8) is 0 Å². The Morgan fingerprint density at radius 1 is 1.33 bits per heavy atom. The molecule has 0 amide bonds. The molecule has 1 aliphatic heterocycles. The zero-order chi connectivity index (χ0) is 13.4. The first kappa shape index (κ1) is 14.1. The Hall–Kier alpha value is -0.320. The smallest absolute Gasteiger partial charge is 0.212 e. The Bertz CT molecular complexity index is 399. The standard InChI is InChI=1S/C13H16Cl2O3/c1-3-5-9-10(14)12(16,6-4-2)11(15)13(9)17-7-8-18-13/h3-4,11,16H,1-2,5-8H2/t11-,12-/m0/s1. The van der Waals surface area contributed by atoms with Crippen molar-refractivity contribution in [3.05, 3.63) is 35.9 Å². The molecule has 0 aromatic rings. The maximum absolute atomic E-state index is 10.7. The van der Waals surface area contributed by atoms with E-state index in [0.29, 0.717) is 25.2 Å². The zero-order valence-electron chi connectivity index (χ0n) is 9.99. The highest BCUT2D eigenvalue weighted by Gasteiger charge is 2.63. The van der Waals surface area contributed by atoms with Gasteiger partial charge in [0, 0.05) is 12.0 Å². The maximum Gasteiger partial charge on any atom is 0.212 e. The fourth-order valence-corrected chi connectivity index (χ4v) is 3.44. The summed E-state index contributed by atoms with van der Waals surface area (Å²) in [5, 5.41) is 10.1. The molecule has 0 aromatic carbocycles. The van der Waals surface area contributed by atoms with Crippen LogP contribution in [0.1, 0.15) is 12.8 Å². The SMILES string of the molecule is C=CCC1=C(Cl)[C@@](O)(CC=C)[C@H](Cl)C12OCCO2. The van der Waals surface area contributed by atoms with Crippen molar-refractivity contribution in [1.29, 1.82) is 0 Å². The van der Waals surface area contributed by atoms with Gasteiger partial charge in [-0.1, -0.05) is 23.8 Å². The van der Waals surface area contributed by atoms with Gasteiger partial charge in [0.15, 0.2) is 0 Å². The van der Waals surface area contributed by atoms with Crippen LogP contribution in [0.15, 0.2) is 35.9 Å². The minimum atomic E-state index is -1.40. The van der Waals surface area contributed by atoms with E-state index in [1.165, 1.54) is 0 Å². The minimum absolute atomic E-state index is 0.245. The van der Waals surface area contributed by atoms with Crippen molar-refractivity contribution >= 4 is 23.2 Å². The first-order valence-corrected chi connectivity index (χ1v) is 6.60. The van der Waals surface area contributed by atoms with Gasteiger partial charge in [-0.15, -0.1) is 24.8 Å². The molecule has 0 bridgehead atoms. The van der Waals surface area contributed by atoms with Crippen LogP contribution in [0.3, 0.4) is 0 Å². The summed E-state index contributed by atoms with van der Waals surface area (Å²) in [4.78, 5) is 0. The van der Waals surface area contributed by atoms with Crippen molar-refractivity contribution < 1.29 is 14.6 Å². The van der Waals surface area contributed by atoms with E-state index in [-0.39, 0.29) is 11.5 Å². The number of hydrogen-bond acceptors (Lipinski definition) is 3. The molecule has 0 aromatic heterocycles. The van der Waals surface area contributed by atoms with Crippen LogP contribution < -0.4 is 0 Å². The Kier molecular flexibility index (Phi) is 3.90. The summed E-state index contributed by atoms with van der Waals surface area (Å²) in [5.74, 6) is -1.13. The molecule has 1 heterocycles. The van der Waals surface area contributed by atoms with Crippen molar-refractivity contribution in [2.24, 2.45) is 0 Å². The number of halogens is 2.